The molecule has 0 saturated carbocycles. The SMILES string of the molecule is CN(Cc1ccccc1N1CCCCC1)C(=O)NCCc1cccc(F)c1. The maximum atomic E-state index is 13.2. The van der Waals surface area contributed by atoms with Gasteiger partial charge < -0.3 is 15.1 Å². The second kappa shape index (κ2) is 9.40. The van der Waals surface area contributed by atoms with Crippen molar-refractivity contribution in [2.75, 3.05) is 31.6 Å². The Bertz CT molecular complexity index is 759. The van der Waals surface area contributed by atoms with E-state index < -0.39 is 0 Å². The van der Waals surface area contributed by atoms with Crippen LogP contribution in [0.5, 0.6) is 0 Å². The second-order valence-electron chi connectivity index (χ2n) is 7.14. The van der Waals surface area contributed by atoms with Crippen LogP contribution in [0.1, 0.15) is 30.4 Å². The van der Waals surface area contributed by atoms with Gasteiger partial charge in [-0.15, -0.1) is 0 Å². The van der Waals surface area contributed by atoms with Crippen LogP contribution >= 0.6 is 0 Å². The molecule has 0 atom stereocenters. The van der Waals surface area contributed by atoms with Crippen LogP contribution in [-0.4, -0.2) is 37.6 Å². The molecule has 0 spiro atoms. The maximum absolute atomic E-state index is 13.2. The molecular formula is C22H28FN3O. The summed E-state index contributed by atoms with van der Waals surface area (Å²) in [4.78, 5) is 16.5. The number of benzene rings is 2. The van der Waals surface area contributed by atoms with E-state index in [1.165, 1.54) is 42.6 Å². The predicted molar refractivity (Wildman–Crippen MR) is 107 cm³/mol. The molecule has 0 radical (unpaired) electrons. The first kappa shape index (κ1) is 19.2. The van der Waals surface area contributed by atoms with Crippen molar-refractivity contribution in [2.24, 2.45) is 0 Å². The van der Waals surface area contributed by atoms with E-state index in [1.54, 1.807) is 11.0 Å². The number of halogens is 1. The molecular weight excluding hydrogens is 341 g/mol. The van der Waals surface area contributed by atoms with Crippen LogP contribution in [0.15, 0.2) is 48.5 Å². The number of nitrogens with one attached hydrogen (secondary N) is 1. The van der Waals surface area contributed by atoms with E-state index >= 15 is 0 Å². The topological polar surface area (TPSA) is 35.6 Å². The molecule has 0 aromatic heterocycles. The Labute approximate surface area is 161 Å². The van der Waals surface area contributed by atoms with Gasteiger partial charge in [0, 0.05) is 38.9 Å². The van der Waals surface area contributed by atoms with E-state index in [0.717, 1.165) is 18.7 Å². The van der Waals surface area contributed by atoms with Gasteiger partial charge in [0.15, 0.2) is 0 Å². The molecule has 4 nitrogen and oxygen atoms in total. The van der Waals surface area contributed by atoms with Crippen molar-refractivity contribution in [3.05, 3.63) is 65.5 Å². The lowest BCUT2D eigenvalue weighted by Crippen LogP contribution is -2.38. The number of urea groups is 1. The highest BCUT2D eigenvalue weighted by Gasteiger charge is 2.16. The first-order chi connectivity index (χ1) is 13.1. The van der Waals surface area contributed by atoms with Crippen molar-refractivity contribution in [2.45, 2.75) is 32.2 Å². The van der Waals surface area contributed by atoms with Gasteiger partial charge in [-0.1, -0.05) is 30.3 Å². The number of amides is 2. The van der Waals surface area contributed by atoms with Crippen molar-refractivity contribution < 1.29 is 9.18 Å². The molecule has 2 aromatic rings. The fourth-order valence-electron chi connectivity index (χ4n) is 3.56. The van der Waals surface area contributed by atoms with Gasteiger partial charge in [0.05, 0.1) is 0 Å². The molecule has 0 bridgehead atoms. The van der Waals surface area contributed by atoms with E-state index in [1.807, 2.05) is 19.2 Å². The van der Waals surface area contributed by atoms with Gasteiger partial charge in [-0.3, -0.25) is 0 Å². The first-order valence-corrected chi connectivity index (χ1v) is 9.70. The zero-order chi connectivity index (χ0) is 19.1. The summed E-state index contributed by atoms with van der Waals surface area (Å²) in [5, 5.41) is 2.92. The average Bonchev–Trinajstić information content (AvgIpc) is 2.69. The summed E-state index contributed by atoms with van der Waals surface area (Å²) in [5.74, 6) is -0.245. The molecule has 1 fully saturated rings. The van der Waals surface area contributed by atoms with Crippen molar-refractivity contribution in [1.29, 1.82) is 0 Å². The van der Waals surface area contributed by atoms with Gasteiger partial charge in [-0.2, -0.15) is 0 Å². The normalized spacial score (nSPS) is 14.1. The Kier molecular flexibility index (Phi) is 6.69. The van der Waals surface area contributed by atoms with Crippen LogP contribution < -0.4 is 10.2 Å². The number of piperidine rings is 1. The van der Waals surface area contributed by atoms with E-state index in [2.05, 4.69) is 28.4 Å². The molecule has 0 unspecified atom stereocenters. The number of hydrogen-bond acceptors (Lipinski definition) is 2. The number of rotatable bonds is 6. The average molecular weight is 369 g/mol. The molecule has 27 heavy (non-hydrogen) atoms. The van der Waals surface area contributed by atoms with Crippen molar-refractivity contribution in [3.8, 4) is 0 Å². The lowest BCUT2D eigenvalue weighted by molar-refractivity contribution is 0.207. The Balaban J connectivity index is 1.53. The van der Waals surface area contributed by atoms with Gasteiger partial charge in [-0.05, 0) is 55.0 Å². The molecule has 1 aliphatic heterocycles. The van der Waals surface area contributed by atoms with Gasteiger partial charge in [-0.25, -0.2) is 9.18 Å². The van der Waals surface area contributed by atoms with Crippen LogP contribution in [0.3, 0.4) is 0 Å². The summed E-state index contributed by atoms with van der Waals surface area (Å²) in [6, 6.07) is 14.7. The summed E-state index contributed by atoms with van der Waals surface area (Å²) in [6.45, 7) is 3.22. The lowest BCUT2D eigenvalue weighted by Gasteiger charge is -2.31. The summed E-state index contributed by atoms with van der Waals surface area (Å²) in [5.41, 5.74) is 3.28. The van der Waals surface area contributed by atoms with Gasteiger partial charge in [0.1, 0.15) is 5.82 Å². The van der Waals surface area contributed by atoms with E-state index in [9.17, 15) is 9.18 Å². The van der Waals surface area contributed by atoms with Crippen LogP contribution in [0.2, 0.25) is 0 Å². The second-order valence-corrected chi connectivity index (χ2v) is 7.14. The Morgan fingerprint density at radius 3 is 2.67 bits per heavy atom. The van der Waals surface area contributed by atoms with E-state index in [-0.39, 0.29) is 11.8 Å². The molecule has 2 aromatic carbocycles. The number of carbonyl (C=O) groups excluding carboxylic acids is 1. The third-order valence-electron chi connectivity index (χ3n) is 5.02. The molecule has 1 aliphatic rings. The highest BCUT2D eigenvalue weighted by atomic mass is 19.1. The quantitative estimate of drug-likeness (QED) is 0.828. The molecule has 1 saturated heterocycles. The minimum Gasteiger partial charge on any atom is -0.371 e. The predicted octanol–water partition coefficient (Wildman–Crippen LogP) is 4.20. The van der Waals surface area contributed by atoms with Crippen LogP contribution in [0, 0.1) is 5.82 Å². The number of carbonyl (C=O) groups is 1. The van der Waals surface area contributed by atoms with Gasteiger partial charge in [0.25, 0.3) is 0 Å². The maximum Gasteiger partial charge on any atom is 0.317 e. The van der Waals surface area contributed by atoms with Crippen molar-refractivity contribution in [1.82, 2.24) is 10.2 Å². The number of hydrogen-bond donors (Lipinski definition) is 1. The Hall–Kier alpha value is -2.56. The Morgan fingerprint density at radius 2 is 1.89 bits per heavy atom. The largest absolute Gasteiger partial charge is 0.371 e. The molecule has 3 rings (SSSR count). The zero-order valence-electron chi connectivity index (χ0n) is 16.0. The molecule has 0 aliphatic carbocycles. The fourth-order valence-corrected chi connectivity index (χ4v) is 3.56. The number of nitrogens with zero attached hydrogens (tertiary/aromatic N) is 2. The lowest BCUT2D eigenvalue weighted by atomic mass is 10.1. The monoisotopic (exact) mass is 369 g/mol. The summed E-state index contributed by atoms with van der Waals surface area (Å²) >= 11 is 0. The molecule has 1 N–H and O–H groups in total. The molecule has 2 amide bonds. The zero-order valence-corrected chi connectivity index (χ0v) is 16.0. The first-order valence-electron chi connectivity index (χ1n) is 9.70. The summed E-state index contributed by atoms with van der Waals surface area (Å²) in [6.07, 6.45) is 4.36. The van der Waals surface area contributed by atoms with E-state index in [4.69, 9.17) is 0 Å². The van der Waals surface area contributed by atoms with Gasteiger partial charge in [0.2, 0.25) is 0 Å². The smallest absolute Gasteiger partial charge is 0.317 e. The minimum absolute atomic E-state index is 0.111. The fraction of sp³-hybridized carbons (Fsp3) is 0.409. The molecule has 5 heteroatoms. The van der Waals surface area contributed by atoms with E-state index in [0.29, 0.717) is 19.5 Å². The van der Waals surface area contributed by atoms with Crippen molar-refractivity contribution in [3.63, 3.8) is 0 Å². The highest BCUT2D eigenvalue weighted by Crippen LogP contribution is 2.25. The van der Waals surface area contributed by atoms with Gasteiger partial charge >= 0.3 is 6.03 Å². The minimum atomic E-state index is -0.245. The number of anilines is 1. The summed E-state index contributed by atoms with van der Waals surface area (Å²) < 4.78 is 13.2. The molecule has 1 heterocycles. The summed E-state index contributed by atoms with van der Waals surface area (Å²) in [7, 11) is 1.81. The Morgan fingerprint density at radius 1 is 1.11 bits per heavy atom. The van der Waals surface area contributed by atoms with Crippen LogP contribution in [0.4, 0.5) is 14.9 Å². The molecule has 144 valence electrons. The highest BCUT2D eigenvalue weighted by molar-refractivity contribution is 5.74. The van der Waals surface area contributed by atoms with Crippen molar-refractivity contribution >= 4 is 11.7 Å². The van der Waals surface area contributed by atoms with Crippen LogP contribution in [-0.2, 0) is 13.0 Å². The third kappa shape index (κ3) is 5.46. The number of para-hydroxylation sites is 1. The third-order valence-corrected chi connectivity index (χ3v) is 5.02. The standard InChI is InChI=1S/C22H28FN3O/c1-25(22(27)24-13-12-18-8-7-10-20(23)16-18)17-19-9-3-4-11-21(19)26-14-5-2-6-15-26/h3-4,7-11,16H,2,5-6,12-15,17H2,1H3,(H,24,27). The van der Waals surface area contributed by atoms with Crippen LogP contribution in [0.25, 0.3) is 0 Å².